The van der Waals surface area contributed by atoms with Crippen molar-refractivity contribution >= 4 is 5.82 Å². The molecule has 2 aromatic heterocycles. The summed E-state index contributed by atoms with van der Waals surface area (Å²) in [6.07, 6.45) is 6.87. The summed E-state index contributed by atoms with van der Waals surface area (Å²) >= 11 is 0. The van der Waals surface area contributed by atoms with Crippen LogP contribution < -0.4 is 5.32 Å². The van der Waals surface area contributed by atoms with E-state index in [1.807, 2.05) is 25.2 Å². The highest BCUT2D eigenvalue weighted by molar-refractivity contribution is 5.53. The number of nitrogens with zero attached hydrogens (tertiary/aromatic N) is 3. The van der Waals surface area contributed by atoms with Crippen LogP contribution in [0.2, 0.25) is 0 Å². The third-order valence-corrected chi connectivity index (χ3v) is 3.67. The maximum absolute atomic E-state index is 4.72. The van der Waals surface area contributed by atoms with Crippen molar-refractivity contribution in [3.8, 4) is 11.5 Å². The van der Waals surface area contributed by atoms with Gasteiger partial charge in [-0.05, 0) is 25.0 Å². The van der Waals surface area contributed by atoms with E-state index in [0.29, 0.717) is 11.7 Å². The number of nitrogens with one attached hydrogen (secondary N) is 1. The van der Waals surface area contributed by atoms with Gasteiger partial charge in [-0.15, -0.1) is 0 Å². The molecule has 0 saturated heterocycles. The Labute approximate surface area is 113 Å². The normalized spacial score (nSPS) is 15.6. The van der Waals surface area contributed by atoms with Gasteiger partial charge in [-0.25, -0.2) is 9.97 Å². The molecule has 2 heterocycles. The van der Waals surface area contributed by atoms with Gasteiger partial charge in [0.15, 0.2) is 5.82 Å². The average Bonchev–Trinajstić information content (AvgIpc) is 3.02. The molecule has 0 radical (unpaired) electrons. The molecule has 1 saturated carbocycles. The quantitative estimate of drug-likeness (QED) is 0.913. The van der Waals surface area contributed by atoms with E-state index in [0.717, 1.165) is 17.2 Å². The largest absolute Gasteiger partial charge is 0.373 e. The van der Waals surface area contributed by atoms with Crippen LogP contribution >= 0.6 is 0 Å². The topological polar surface area (TPSA) is 50.7 Å². The molecule has 0 atom stereocenters. The Hall–Kier alpha value is -1.97. The molecular formula is C15H18N4. The SMILES string of the molecule is CNc1cc(C2CCCC2)nc(-c2ccccn2)n1. The van der Waals surface area contributed by atoms with Gasteiger partial charge >= 0.3 is 0 Å². The maximum Gasteiger partial charge on any atom is 0.180 e. The lowest BCUT2D eigenvalue weighted by molar-refractivity contribution is 0.695. The van der Waals surface area contributed by atoms with E-state index < -0.39 is 0 Å². The second kappa shape index (κ2) is 5.34. The van der Waals surface area contributed by atoms with E-state index in [-0.39, 0.29) is 0 Å². The molecule has 0 aliphatic heterocycles. The second-order valence-electron chi connectivity index (χ2n) is 4.95. The van der Waals surface area contributed by atoms with Crippen LogP contribution in [-0.4, -0.2) is 22.0 Å². The summed E-state index contributed by atoms with van der Waals surface area (Å²) in [4.78, 5) is 13.6. The first-order valence-electron chi connectivity index (χ1n) is 6.85. The summed E-state index contributed by atoms with van der Waals surface area (Å²) in [6, 6.07) is 7.89. The fourth-order valence-electron chi connectivity index (χ4n) is 2.63. The fourth-order valence-corrected chi connectivity index (χ4v) is 2.63. The van der Waals surface area contributed by atoms with Crippen molar-refractivity contribution in [2.45, 2.75) is 31.6 Å². The summed E-state index contributed by atoms with van der Waals surface area (Å²) in [6.45, 7) is 0. The van der Waals surface area contributed by atoms with E-state index in [4.69, 9.17) is 4.98 Å². The molecule has 4 heteroatoms. The summed E-state index contributed by atoms with van der Waals surface area (Å²) < 4.78 is 0. The van der Waals surface area contributed by atoms with Crippen LogP contribution in [0.15, 0.2) is 30.5 Å². The number of rotatable bonds is 3. The van der Waals surface area contributed by atoms with Gasteiger partial charge < -0.3 is 5.32 Å². The number of anilines is 1. The highest BCUT2D eigenvalue weighted by Gasteiger charge is 2.20. The lowest BCUT2D eigenvalue weighted by atomic mass is 10.0. The van der Waals surface area contributed by atoms with Crippen LogP contribution in [0.5, 0.6) is 0 Å². The molecule has 3 rings (SSSR count). The Kier molecular flexibility index (Phi) is 3.40. The van der Waals surface area contributed by atoms with Gasteiger partial charge in [0.1, 0.15) is 11.5 Å². The van der Waals surface area contributed by atoms with Crippen LogP contribution in [0.1, 0.15) is 37.3 Å². The van der Waals surface area contributed by atoms with Gasteiger partial charge in [-0.3, -0.25) is 4.98 Å². The molecule has 1 aliphatic rings. The van der Waals surface area contributed by atoms with Gasteiger partial charge in [0.25, 0.3) is 0 Å². The lowest BCUT2D eigenvalue weighted by Gasteiger charge is -2.12. The highest BCUT2D eigenvalue weighted by atomic mass is 15.0. The van der Waals surface area contributed by atoms with E-state index in [2.05, 4.69) is 21.4 Å². The van der Waals surface area contributed by atoms with Gasteiger partial charge in [-0.2, -0.15) is 0 Å². The minimum atomic E-state index is 0.581. The molecule has 1 aliphatic carbocycles. The molecule has 1 fully saturated rings. The number of aromatic nitrogens is 3. The van der Waals surface area contributed by atoms with Gasteiger partial charge in [-0.1, -0.05) is 18.9 Å². The summed E-state index contributed by atoms with van der Waals surface area (Å²) in [5.41, 5.74) is 1.98. The third kappa shape index (κ3) is 2.57. The number of hydrogen-bond acceptors (Lipinski definition) is 4. The first-order valence-corrected chi connectivity index (χ1v) is 6.85. The summed E-state index contributed by atoms with van der Waals surface area (Å²) in [5.74, 6) is 2.17. The first-order chi connectivity index (χ1) is 9.36. The fraction of sp³-hybridized carbons (Fsp3) is 0.400. The molecule has 0 bridgehead atoms. The van der Waals surface area contributed by atoms with E-state index in [9.17, 15) is 0 Å². The van der Waals surface area contributed by atoms with Crippen LogP contribution in [0, 0.1) is 0 Å². The number of pyridine rings is 1. The van der Waals surface area contributed by atoms with Crippen molar-refractivity contribution < 1.29 is 0 Å². The maximum atomic E-state index is 4.72. The first kappa shape index (κ1) is 12.1. The van der Waals surface area contributed by atoms with E-state index >= 15 is 0 Å². The molecule has 0 unspecified atom stereocenters. The minimum Gasteiger partial charge on any atom is -0.373 e. The molecule has 2 aromatic rings. The molecule has 4 nitrogen and oxygen atoms in total. The van der Waals surface area contributed by atoms with Gasteiger partial charge in [0.2, 0.25) is 0 Å². The molecule has 19 heavy (non-hydrogen) atoms. The van der Waals surface area contributed by atoms with Crippen molar-refractivity contribution in [2.24, 2.45) is 0 Å². The zero-order chi connectivity index (χ0) is 13.1. The summed E-state index contributed by atoms with van der Waals surface area (Å²) in [7, 11) is 1.89. The zero-order valence-corrected chi connectivity index (χ0v) is 11.1. The Morgan fingerprint density at radius 1 is 1.16 bits per heavy atom. The van der Waals surface area contributed by atoms with Crippen molar-refractivity contribution in [1.29, 1.82) is 0 Å². The average molecular weight is 254 g/mol. The van der Waals surface area contributed by atoms with E-state index in [1.165, 1.54) is 25.7 Å². The predicted molar refractivity (Wildman–Crippen MR) is 76.0 cm³/mol. The van der Waals surface area contributed by atoms with Crippen molar-refractivity contribution in [3.05, 3.63) is 36.2 Å². The standard InChI is InChI=1S/C15H18N4/c1-16-14-10-13(11-6-2-3-7-11)18-15(19-14)12-8-4-5-9-17-12/h4-5,8-11H,2-3,6-7H2,1H3,(H,16,18,19). The van der Waals surface area contributed by atoms with Crippen molar-refractivity contribution in [1.82, 2.24) is 15.0 Å². The Morgan fingerprint density at radius 3 is 2.68 bits per heavy atom. The number of hydrogen-bond donors (Lipinski definition) is 1. The minimum absolute atomic E-state index is 0.581. The van der Waals surface area contributed by atoms with Crippen molar-refractivity contribution in [2.75, 3.05) is 12.4 Å². The highest BCUT2D eigenvalue weighted by Crippen LogP contribution is 2.34. The zero-order valence-electron chi connectivity index (χ0n) is 11.1. The Morgan fingerprint density at radius 2 is 2.00 bits per heavy atom. The lowest BCUT2D eigenvalue weighted by Crippen LogP contribution is -2.04. The van der Waals surface area contributed by atoms with Crippen LogP contribution in [0.3, 0.4) is 0 Å². The predicted octanol–water partition coefficient (Wildman–Crippen LogP) is 3.24. The molecule has 1 N–H and O–H groups in total. The Balaban J connectivity index is 2.02. The van der Waals surface area contributed by atoms with Gasteiger partial charge in [0, 0.05) is 30.9 Å². The molecule has 98 valence electrons. The monoisotopic (exact) mass is 254 g/mol. The van der Waals surface area contributed by atoms with Crippen molar-refractivity contribution in [3.63, 3.8) is 0 Å². The van der Waals surface area contributed by atoms with Gasteiger partial charge in [0.05, 0.1) is 0 Å². The molecule has 0 spiro atoms. The molecule has 0 aromatic carbocycles. The Bertz CT molecular complexity index is 547. The van der Waals surface area contributed by atoms with E-state index in [1.54, 1.807) is 6.20 Å². The summed E-state index contributed by atoms with van der Waals surface area (Å²) in [5, 5.41) is 3.12. The van der Waals surface area contributed by atoms with Crippen LogP contribution in [-0.2, 0) is 0 Å². The van der Waals surface area contributed by atoms with Crippen LogP contribution in [0.25, 0.3) is 11.5 Å². The molecular weight excluding hydrogens is 236 g/mol. The van der Waals surface area contributed by atoms with Crippen LogP contribution in [0.4, 0.5) is 5.82 Å². The molecule has 0 amide bonds. The smallest absolute Gasteiger partial charge is 0.180 e. The third-order valence-electron chi connectivity index (χ3n) is 3.67. The second-order valence-corrected chi connectivity index (χ2v) is 4.95.